The van der Waals surface area contributed by atoms with Crippen LogP contribution in [0.4, 0.5) is 18.9 Å². The van der Waals surface area contributed by atoms with E-state index >= 15 is 0 Å². The molecule has 1 heterocycles. The molecule has 0 saturated carbocycles. The lowest BCUT2D eigenvalue weighted by Crippen LogP contribution is -2.48. The SMILES string of the molecule is CCOc1ccc(CN2CCN(CC(=O)Nc3ccc(Cl)cc3C(F)(F)F)CC2)cc1. The molecule has 1 aliphatic heterocycles. The van der Waals surface area contributed by atoms with Crippen LogP contribution in [0.5, 0.6) is 5.75 Å². The van der Waals surface area contributed by atoms with Crippen molar-refractivity contribution in [1.82, 2.24) is 9.80 Å². The van der Waals surface area contributed by atoms with Gasteiger partial charge in [0.25, 0.3) is 0 Å². The molecule has 9 heteroatoms. The van der Waals surface area contributed by atoms with Crippen molar-refractivity contribution in [3.63, 3.8) is 0 Å². The highest BCUT2D eigenvalue weighted by Crippen LogP contribution is 2.36. The number of hydrogen-bond acceptors (Lipinski definition) is 4. The van der Waals surface area contributed by atoms with Gasteiger partial charge < -0.3 is 10.1 Å². The van der Waals surface area contributed by atoms with Crippen LogP contribution >= 0.6 is 11.6 Å². The van der Waals surface area contributed by atoms with Gasteiger partial charge in [0.2, 0.25) is 5.91 Å². The summed E-state index contributed by atoms with van der Waals surface area (Å²) in [4.78, 5) is 16.5. The van der Waals surface area contributed by atoms with Gasteiger partial charge in [-0.3, -0.25) is 14.6 Å². The lowest BCUT2D eigenvalue weighted by atomic mass is 10.1. The second-order valence-corrected chi connectivity index (χ2v) is 7.80. The first-order valence-electron chi connectivity index (χ1n) is 10.1. The summed E-state index contributed by atoms with van der Waals surface area (Å²) in [5.74, 6) is 0.365. The zero-order valence-electron chi connectivity index (χ0n) is 17.2. The van der Waals surface area contributed by atoms with Gasteiger partial charge in [0.05, 0.1) is 24.4 Å². The van der Waals surface area contributed by atoms with Crippen molar-refractivity contribution in [3.8, 4) is 5.75 Å². The summed E-state index contributed by atoms with van der Waals surface area (Å²) in [6.07, 6.45) is -4.60. The van der Waals surface area contributed by atoms with Crippen molar-refractivity contribution in [2.24, 2.45) is 0 Å². The minimum Gasteiger partial charge on any atom is -0.494 e. The van der Waals surface area contributed by atoms with E-state index in [1.165, 1.54) is 17.7 Å². The van der Waals surface area contributed by atoms with Crippen LogP contribution in [0.1, 0.15) is 18.1 Å². The molecule has 0 aliphatic carbocycles. The maximum absolute atomic E-state index is 13.2. The minimum absolute atomic E-state index is 0.0334. The Morgan fingerprint density at radius 2 is 1.71 bits per heavy atom. The molecule has 2 aromatic carbocycles. The van der Waals surface area contributed by atoms with Crippen LogP contribution in [-0.2, 0) is 17.5 Å². The van der Waals surface area contributed by atoms with Gasteiger partial charge in [-0.15, -0.1) is 0 Å². The average molecular weight is 456 g/mol. The third-order valence-corrected chi connectivity index (χ3v) is 5.27. The van der Waals surface area contributed by atoms with Crippen LogP contribution < -0.4 is 10.1 Å². The van der Waals surface area contributed by atoms with Crippen LogP contribution in [0.3, 0.4) is 0 Å². The summed E-state index contributed by atoms with van der Waals surface area (Å²) in [5, 5.41) is 2.34. The molecule has 1 N–H and O–H groups in total. The van der Waals surface area contributed by atoms with Crippen LogP contribution in [0.2, 0.25) is 5.02 Å². The number of ether oxygens (including phenoxy) is 1. The highest BCUT2D eigenvalue weighted by atomic mass is 35.5. The van der Waals surface area contributed by atoms with E-state index < -0.39 is 17.6 Å². The normalized spacial score (nSPS) is 15.6. The molecule has 0 aromatic heterocycles. The highest BCUT2D eigenvalue weighted by molar-refractivity contribution is 6.30. The predicted molar refractivity (Wildman–Crippen MR) is 114 cm³/mol. The Labute approximate surface area is 184 Å². The van der Waals surface area contributed by atoms with Crippen molar-refractivity contribution in [3.05, 3.63) is 58.6 Å². The predicted octanol–water partition coefficient (Wildman–Crippen LogP) is 4.51. The number of piperazine rings is 1. The molecule has 0 radical (unpaired) electrons. The lowest BCUT2D eigenvalue weighted by Gasteiger charge is -2.34. The molecule has 0 spiro atoms. The number of alkyl halides is 3. The maximum Gasteiger partial charge on any atom is 0.418 e. The quantitative estimate of drug-likeness (QED) is 0.667. The van der Waals surface area contributed by atoms with E-state index in [0.717, 1.165) is 31.5 Å². The molecule has 1 amide bonds. The minimum atomic E-state index is -4.60. The first kappa shape index (κ1) is 23.4. The number of anilines is 1. The van der Waals surface area contributed by atoms with Crippen molar-refractivity contribution in [2.75, 3.05) is 44.6 Å². The summed E-state index contributed by atoms with van der Waals surface area (Å²) >= 11 is 5.68. The topological polar surface area (TPSA) is 44.8 Å². The third kappa shape index (κ3) is 6.85. The highest BCUT2D eigenvalue weighted by Gasteiger charge is 2.34. The Morgan fingerprint density at radius 1 is 1.06 bits per heavy atom. The van der Waals surface area contributed by atoms with Gasteiger partial charge in [0.15, 0.2) is 0 Å². The fourth-order valence-corrected chi connectivity index (χ4v) is 3.65. The van der Waals surface area contributed by atoms with E-state index in [1.807, 2.05) is 36.1 Å². The number of hydrogen-bond donors (Lipinski definition) is 1. The smallest absolute Gasteiger partial charge is 0.418 e. The van der Waals surface area contributed by atoms with Crippen LogP contribution in [-0.4, -0.2) is 55.0 Å². The molecular weight excluding hydrogens is 431 g/mol. The summed E-state index contributed by atoms with van der Waals surface area (Å²) < 4.78 is 45.0. The van der Waals surface area contributed by atoms with E-state index in [9.17, 15) is 18.0 Å². The Hall–Kier alpha value is -2.29. The maximum atomic E-state index is 13.2. The summed E-state index contributed by atoms with van der Waals surface area (Å²) in [6, 6.07) is 11.3. The molecule has 31 heavy (non-hydrogen) atoms. The molecule has 5 nitrogen and oxygen atoms in total. The van der Waals surface area contributed by atoms with Gasteiger partial charge in [-0.1, -0.05) is 23.7 Å². The van der Waals surface area contributed by atoms with Gasteiger partial charge in [-0.2, -0.15) is 13.2 Å². The molecule has 1 aliphatic rings. The van der Waals surface area contributed by atoms with Gasteiger partial charge in [-0.25, -0.2) is 0 Å². The fourth-order valence-electron chi connectivity index (χ4n) is 3.47. The number of amides is 1. The monoisotopic (exact) mass is 455 g/mol. The third-order valence-electron chi connectivity index (χ3n) is 5.03. The van der Waals surface area contributed by atoms with Crippen molar-refractivity contribution in [1.29, 1.82) is 0 Å². The molecule has 0 bridgehead atoms. The van der Waals surface area contributed by atoms with E-state index in [1.54, 1.807) is 0 Å². The van der Waals surface area contributed by atoms with Crippen molar-refractivity contribution >= 4 is 23.2 Å². The molecule has 0 unspecified atom stereocenters. The zero-order chi connectivity index (χ0) is 22.4. The van der Waals surface area contributed by atoms with E-state index in [4.69, 9.17) is 16.3 Å². The summed E-state index contributed by atoms with van der Waals surface area (Å²) in [5.41, 5.74) is -0.0541. The van der Waals surface area contributed by atoms with Crippen molar-refractivity contribution in [2.45, 2.75) is 19.6 Å². The first-order chi connectivity index (χ1) is 14.7. The lowest BCUT2D eigenvalue weighted by molar-refractivity contribution is -0.137. The van der Waals surface area contributed by atoms with Gasteiger partial charge in [-0.05, 0) is 42.8 Å². The molecule has 1 fully saturated rings. The first-order valence-corrected chi connectivity index (χ1v) is 10.5. The van der Waals surface area contributed by atoms with E-state index in [-0.39, 0.29) is 17.3 Å². The summed E-state index contributed by atoms with van der Waals surface area (Å²) in [6.45, 7) is 6.28. The number of halogens is 4. The fraction of sp³-hybridized carbons (Fsp3) is 0.409. The number of nitrogens with zero attached hydrogens (tertiary/aromatic N) is 2. The Balaban J connectivity index is 1.48. The molecule has 0 atom stereocenters. The van der Waals surface area contributed by atoms with Gasteiger partial charge in [0, 0.05) is 37.7 Å². The molecule has 1 saturated heterocycles. The molecule has 168 valence electrons. The number of benzene rings is 2. The Kier molecular flexibility index (Phi) is 7.80. The van der Waals surface area contributed by atoms with Crippen LogP contribution in [0.15, 0.2) is 42.5 Å². The van der Waals surface area contributed by atoms with Crippen LogP contribution in [0, 0.1) is 0 Å². The Bertz CT molecular complexity index is 883. The van der Waals surface area contributed by atoms with Gasteiger partial charge >= 0.3 is 6.18 Å². The molecule has 3 rings (SSSR count). The standard InChI is InChI=1S/C22H25ClF3N3O2/c1-2-31-18-6-3-16(4-7-18)14-28-9-11-29(12-10-28)15-21(30)27-20-8-5-17(23)13-19(20)22(24,25)26/h3-8,13H,2,9-12,14-15H2,1H3,(H,27,30). The number of nitrogens with one attached hydrogen (secondary N) is 1. The average Bonchev–Trinajstić information content (AvgIpc) is 2.72. The number of rotatable bonds is 7. The molecular formula is C22H25ClF3N3O2. The second-order valence-electron chi connectivity index (χ2n) is 7.37. The van der Waals surface area contributed by atoms with Gasteiger partial charge in [0.1, 0.15) is 5.75 Å². The molecule has 2 aromatic rings. The van der Waals surface area contributed by atoms with Crippen LogP contribution in [0.25, 0.3) is 0 Å². The zero-order valence-corrected chi connectivity index (χ0v) is 18.0. The summed E-state index contributed by atoms with van der Waals surface area (Å²) in [7, 11) is 0. The number of carbonyl (C=O) groups excluding carboxylic acids is 1. The second kappa shape index (κ2) is 10.3. The number of carbonyl (C=O) groups is 1. The largest absolute Gasteiger partial charge is 0.494 e. The van der Waals surface area contributed by atoms with E-state index in [0.29, 0.717) is 19.7 Å². The van der Waals surface area contributed by atoms with E-state index in [2.05, 4.69) is 10.2 Å². The van der Waals surface area contributed by atoms with Crippen molar-refractivity contribution < 1.29 is 22.7 Å². The Morgan fingerprint density at radius 3 is 2.32 bits per heavy atom.